The zero-order valence-electron chi connectivity index (χ0n) is 20.6. The van der Waals surface area contributed by atoms with Crippen LogP contribution < -0.4 is 10.6 Å². The van der Waals surface area contributed by atoms with Crippen molar-refractivity contribution in [2.24, 2.45) is 0 Å². The summed E-state index contributed by atoms with van der Waals surface area (Å²) in [7, 11) is -1.61. The maximum atomic E-state index is 11.0. The first-order chi connectivity index (χ1) is 16.2. The van der Waals surface area contributed by atoms with Crippen molar-refractivity contribution in [3.8, 4) is 0 Å². The second-order valence-electron chi connectivity index (χ2n) is 9.45. The molecule has 0 amide bonds. The molecule has 3 rings (SSSR count). The molecule has 33 heavy (non-hydrogen) atoms. The van der Waals surface area contributed by atoms with Crippen molar-refractivity contribution in [1.29, 1.82) is 0 Å². The molecular formula is C31H42OP+. The number of allylic oxidation sites excluding steroid dienone is 4. The predicted molar refractivity (Wildman–Crippen MR) is 147 cm³/mol. The van der Waals surface area contributed by atoms with Crippen LogP contribution in [-0.2, 0) is 4.79 Å². The summed E-state index contributed by atoms with van der Waals surface area (Å²) in [5.74, 6) is 0.333. The molecule has 0 N–H and O–H groups in total. The number of Topliss-reactive ketones (excluding diaryl/α,β-unsaturated/α-hetero) is 1. The molecule has 1 aliphatic rings. The van der Waals surface area contributed by atoms with Crippen LogP contribution in [0.25, 0.3) is 0 Å². The lowest BCUT2D eigenvalue weighted by Gasteiger charge is -2.29. The predicted octanol–water partition coefficient (Wildman–Crippen LogP) is 8.38. The van der Waals surface area contributed by atoms with Crippen LogP contribution in [0.15, 0.2) is 84.2 Å². The highest BCUT2D eigenvalue weighted by molar-refractivity contribution is 7.93. The molecule has 2 aromatic carbocycles. The first-order valence-corrected chi connectivity index (χ1v) is 15.1. The van der Waals surface area contributed by atoms with Gasteiger partial charge in [0.05, 0.1) is 6.16 Å². The van der Waals surface area contributed by atoms with Crippen LogP contribution in [0, 0.1) is 0 Å². The highest BCUT2D eigenvalue weighted by Gasteiger charge is 2.45. The lowest BCUT2D eigenvalue weighted by Crippen LogP contribution is -2.26. The fourth-order valence-corrected chi connectivity index (χ4v) is 9.57. The van der Waals surface area contributed by atoms with Gasteiger partial charge in [-0.25, -0.2) is 0 Å². The molecule has 2 heteroatoms. The maximum absolute atomic E-state index is 11.0. The Kier molecular flexibility index (Phi) is 11.1. The highest BCUT2D eigenvalue weighted by atomic mass is 31.2. The summed E-state index contributed by atoms with van der Waals surface area (Å²) in [4.78, 5) is 11.0. The number of hydrogen-bond acceptors (Lipinski definition) is 1. The Morgan fingerprint density at radius 3 is 1.70 bits per heavy atom. The van der Waals surface area contributed by atoms with E-state index in [4.69, 9.17) is 0 Å². The first-order valence-electron chi connectivity index (χ1n) is 13.1. The molecule has 0 saturated heterocycles. The molecule has 0 unspecified atom stereocenters. The monoisotopic (exact) mass is 461 g/mol. The third-order valence-corrected chi connectivity index (χ3v) is 11.4. The van der Waals surface area contributed by atoms with Crippen molar-refractivity contribution >= 4 is 23.7 Å². The Labute approximate surface area is 202 Å². The standard InChI is InChI=1S/C31H42OP/c1-28(32)20-12-7-5-3-2-4-6-8-19-27-33(29-21-13-9-14-22-29,30-23-15-10-16-24-30)31-25-17-11-18-26-31/h9-10,13-17,21-26H,2-8,11-12,18-20,27H2,1H3/q+1. The van der Waals surface area contributed by atoms with Crippen molar-refractivity contribution in [3.05, 3.63) is 84.2 Å². The van der Waals surface area contributed by atoms with E-state index in [1.54, 1.807) is 12.2 Å². The third-order valence-electron chi connectivity index (χ3n) is 6.83. The van der Waals surface area contributed by atoms with E-state index >= 15 is 0 Å². The summed E-state index contributed by atoms with van der Waals surface area (Å²) in [6.07, 6.45) is 23.2. The normalized spacial score (nSPS) is 13.7. The van der Waals surface area contributed by atoms with Gasteiger partial charge in [-0.2, -0.15) is 0 Å². The van der Waals surface area contributed by atoms with Gasteiger partial charge in [0, 0.05) is 6.42 Å². The van der Waals surface area contributed by atoms with Crippen LogP contribution in [-0.4, -0.2) is 11.9 Å². The van der Waals surface area contributed by atoms with Gasteiger partial charge in [-0.3, -0.25) is 0 Å². The Balaban J connectivity index is 1.59. The van der Waals surface area contributed by atoms with Gasteiger partial charge in [0.2, 0.25) is 0 Å². The quantitative estimate of drug-likeness (QED) is 0.192. The zero-order chi connectivity index (χ0) is 23.2. The maximum Gasteiger partial charge on any atom is 0.129 e. The van der Waals surface area contributed by atoms with Gasteiger partial charge < -0.3 is 4.79 Å². The summed E-state index contributed by atoms with van der Waals surface area (Å²) >= 11 is 0. The Morgan fingerprint density at radius 2 is 1.21 bits per heavy atom. The van der Waals surface area contributed by atoms with Crippen molar-refractivity contribution in [1.82, 2.24) is 0 Å². The second kappa shape index (κ2) is 14.3. The molecule has 176 valence electrons. The summed E-state index contributed by atoms with van der Waals surface area (Å²) in [6, 6.07) is 22.7. The van der Waals surface area contributed by atoms with Gasteiger partial charge in [-0.1, -0.05) is 81.0 Å². The number of carbonyl (C=O) groups excluding carboxylic acids is 1. The molecule has 0 heterocycles. The molecule has 0 bridgehead atoms. The number of unbranched alkanes of at least 4 members (excludes halogenated alkanes) is 8. The van der Waals surface area contributed by atoms with E-state index in [-0.39, 0.29) is 0 Å². The van der Waals surface area contributed by atoms with Crippen LogP contribution in [0.4, 0.5) is 0 Å². The second-order valence-corrected chi connectivity index (χ2v) is 13.1. The molecular weight excluding hydrogens is 419 g/mol. The van der Waals surface area contributed by atoms with Gasteiger partial charge in [-0.05, 0) is 75.4 Å². The SMILES string of the molecule is CC(=O)CCCCCCCCCCC[P+](C1=CCCC=C1)(c1ccccc1)c1ccccc1. The van der Waals surface area contributed by atoms with E-state index in [1.807, 2.05) is 0 Å². The van der Waals surface area contributed by atoms with Crippen molar-refractivity contribution in [3.63, 3.8) is 0 Å². The van der Waals surface area contributed by atoms with Crippen LogP contribution in [0.2, 0.25) is 0 Å². The van der Waals surface area contributed by atoms with E-state index in [2.05, 4.69) is 78.9 Å². The first kappa shape index (κ1) is 25.6. The minimum atomic E-state index is -1.61. The smallest absolute Gasteiger partial charge is 0.129 e. The number of hydrogen-bond donors (Lipinski definition) is 0. The minimum Gasteiger partial charge on any atom is -0.300 e. The number of benzene rings is 2. The molecule has 2 aromatic rings. The summed E-state index contributed by atoms with van der Waals surface area (Å²) < 4.78 is 0. The largest absolute Gasteiger partial charge is 0.300 e. The van der Waals surface area contributed by atoms with Gasteiger partial charge in [0.25, 0.3) is 0 Å². The fourth-order valence-electron chi connectivity index (χ4n) is 5.04. The topological polar surface area (TPSA) is 17.1 Å². The van der Waals surface area contributed by atoms with Crippen LogP contribution in [0.5, 0.6) is 0 Å². The molecule has 1 nitrogen and oxygen atoms in total. The Bertz CT molecular complexity index is 842. The molecule has 0 aromatic heterocycles. The van der Waals surface area contributed by atoms with E-state index < -0.39 is 7.26 Å². The van der Waals surface area contributed by atoms with Gasteiger partial charge in [-0.15, -0.1) is 0 Å². The number of ketones is 1. The van der Waals surface area contributed by atoms with Crippen LogP contribution in [0.3, 0.4) is 0 Å². The van der Waals surface area contributed by atoms with Gasteiger partial charge in [0.15, 0.2) is 0 Å². The minimum absolute atomic E-state index is 0.333. The highest BCUT2D eigenvalue weighted by Crippen LogP contribution is 2.65. The zero-order valence-corrected chi connectivity index (χ0v) is 21.4. The number of rotatable bonds is 15. The molecule has 0 atom stereocenters. The van der Waals surface area contributed by atoms with Crippen molar-refractivity contribution < 1.29 is 4.79 Å². The lowest BCUT2D eigenvalue weighted by atomic mass is 10.1. The Hall–Kier alpha value is -1.98. The summed E-state index contributed by atoms with van der Waals surface area (Å²) in [6.45, 7) is 1.70. The van der Waals surface area contributed by atoms with Crippen LogP contribution in [0.1, 0.15) is 84.0 Å². The fraction of sp³-hybridized carbons (Fsp3) is 0.452. The lowest BCUT2D eigenvalue weighted by molar-refractivity contribution is -0.117. The van der Waals surface area contributed by atoms with Gasteiger partial charge in [0.1, 0.15) is 29.0 Å². The van der Waals surface area contributed by atoms with E-state index in [0.717, 1.165) is 12.8 Å². The van der Waals surface area contributed by atoms with Crippen LogP contribution >= 0.6 is 7.26 Å². The molecule has 0 fully saturated rings. The average molecular weight is 462 g/mol. The molecule has 0 radical (unpaired) electrons. The molecule has 0 saturated carbocycles. The average Bonchev–Trinajstić information content (AvgIpc) is 2.86. The van der Waals surface area contributed by atoms with Crippen molar-refractivity contribution in [2.45, 2.75) is 84.0 Å². The van der Waals surface area contributed by atoms with E-state index in [1.165, 1.54) is 81.0 Å². The molecule has 0 aliphatic heterocycles. The van der Waals surface area contributed by atoms with E-state index in [0.29, 0.717) is 5.78 Å². The van der Waals surface area contributed by atoms with Crippen molar-refractivity contribution in [2.75, 3.05) is 6.16 Å². The third kappa shape index (κ3) is 7.79. The molecule has 1 aliphatic carbocycles. The van der Waals surface area contributed by atoms with E-state index in [9.17, 15) is 4.79 Å². The summed E-state index contributed by atoms with van der Waals surface area (Å²) in [5, 5.41) is 4.64. The number of carbonyl (C=O) groups is 1. The molecule has 0 spiro atoms. The summed E-state index contributed by atoms with van der Waals surface area (Å²) in [5.41, 5.74) is 0. The Morgan fingerprint density at radius 1 is 0.697 bits per heavy atom. The van der Waals surface area contributed by atoms with Gasteiger partial charge >= 0.3 is 0 Å².